The second-order valence-electron chi connectivity index (χ2n) is 4.06. The highest BCUT2D eigenvalue weighted by Crippen LogP contribution is 2.15. The van der Waals surface area contributed by atoms with Crippen LogP contribution in [0.2, 0.25) is 5.02 Å². The highest BCUT2D eigenvalue weighted by Gasteiger charge is 2.02. The van der Waals surface area contributed by atoms with Crippen LogP contribution in [-0.2, 0) is 13.6 Å². The first-order valence-corrected chi connectivity index (χ1v) is 7.43. The maximum absolute atomic E-state index is 6.08. The smallest absolute Gasteiger partial charge is 0.209 e. The predicted molar refractivity (Wildman–Crippen MR) is 77.3 cm³/mol. The van der Waals surface area contributed by atoms with Gasteiger partial charge in [0.1, 0.15) is 0 Å². The maximum atomic E-state index is 6.08. The Morgan fingerprint density at radius 2 is 2.15 bits per heavy atom. The molecule has 0 spiro atoms. The number of hydrogen-bond acceptors (Lipinski definition) is 5. The van der Waals surface area contributed by atoms with Crippen LogP contribution in [0.1, 0.15) is 12.0 Å². The van der Waals surface area contributed by atoms with Crippen molar-refractivity contribution >= 4 is 23.4 Å². The van der Waals surface area contributed by atoms with Crippen molar-refractivity contribution in [1.82, 2.24) is 25.5 Å². The van der Waals surface area contributed by atoms with Gasteiger partial charge in [0, 0.05) is 24.4 Å². The summed E-state index contributed by atoms with van der Waals surface area (Å²) in [5.41, 5.74) is 1.13. The number of hydrogen-bond donors (Lipinski definition) is 1. The Bertz CT molecular complexity index is 520. The van der Waals surface area contributed by atoms with Gasteiger partial charge in [-0.05, 0) is 35.0 Å². The van der Waals surface area contributed by atoms with Crippen molar-refractivity contribution in [3.8, 4) is 0 Å². The molecule has 1 aromatic carbocycles. The van der Waals surface area contributed by atoms with Gasteiger partial charge in [0.2, 0.25) is 5.16 Å². The standard InChI is InChI=1S/C12H16ClN5S.ClH/c1-18-12(15-16-17-18)19-8-4-7-14-9-10-5-2-3-6-11(10)13;/h2-3,5-6,14H,4,7-9H2,1H3;1H/p-1. The molecule has 0 aliphatic carbocycles. The Morgan fingerprint density at radius 1 is 1.35 bits per heavy atom. The van der Waals surface area contributed by atoms with Gasteiger partial charge in [-0.25, -0.2) is 4.68 Å². The number of rotatable bonds is 7. The summed E-state index contributed by atoms with van der Waals surface area (Å²) in [6, 6.07) is 7.89. The summed E-state index contributed by atoms with van der Waals surface area (Å²) in [6.45, 7) is 1.75. The van der Waals surface area contributed by atoms with Gasteiger partial charge in [-0.15, -0.1) is 5.10 Å². The van der Waals surface area contributed by atoms with Crippen LogP contribution in [0.4, 0.5) is 0 Å². The third kappa shape index (κ3) is 5.28. The highest BCUT2D eigenvalue weighted by molar-refractivity contribution is 7.99. The number of halogens is 2. The molecule has 0 aliphatic rings. The Hall–Kier alpha value is -0.820. The molecule has 0 atom stereocenters. The molecule has 0 saturated heterocycles. The normalized spacial score (nSPS) is 10.3. The molecule has 0 bridgehead atoms. The topological polar surface area (TPSA) is 55.6 Å². The summed E-state index contributed by atoms with van der Waals surface area (Å²) in [6.07, 6.45) is 1.06. The lowest BCUT2D eigenvalue weighted by molar-refractivity contribution is -0.00000403. The lowest BCUT2D eigenvalue weighted by Crippen LogP contribution is -3.00. The summed E-state index contributed by atoms with van der Waals surface area (Å²) < 4.78 is 1.68. The molecule has 0 radical (unpaired) electrons. The first-order valence-electron chi connectivity index (χ1n) is 6.06. The minimum Gasteiger partial charge on any atom is -1.00 e. The van der Waals surface area contributed by atoms with Crippen molar-refractivity contribution in [3.63, 3.8) is 0 Å². The van der Waals surface area contributed by atoms with E-state index < -0.39 is 0 Å². The summed E-state index contributed by atoms with van der Waals surface area (Å²) in [4.78, 5) is 0. The van der Waals surface area contributed by atoms with Gasteiger partial charge in [-0.2, -0.15) is 0 Å². The number of tetrazole rings is 1. The van der Waals surface area contributed by atoms with Crippen LogP contribution in [-0.4, -0.2) is 32.5 Å². The molecule has 8 heteroatoms. The van der Waals surface area contributed by atoms with Crippen LogP contribution in [0.15, 0.2) is 29.4 Å². The zero-order valence-electron chi connectivity index (χ0n) is 11.1. The van der Waals surface area contributed by atoms with Gasteiger partial charge >= 0.3 is 0 Å². The SMILES string of the molecule is Cn1nnnc1SCCCNCc1ccccc1Cl.[Cl-]. The first kappa shape index (κ1) is 17.2. The predicted octanol–water partition coefficient (Wildman–Crippen LogP) is -0.860. The Kier molecular flexibility index (Phi) is 7.91. The van der Waals surface area contributed by atoms with Crippen LogP contribution in [0.5, 0.6) is 0 Å². The van der Waals surface area contributed by atoms with E-state index >= 15 is 0 Å². The largest absolute Gasteiger partial charge is 1.00 e. The van der Waals surface area contributed by atoms with Gasteiger partial charge in [0.05, 0.1) is 0 Å². The van der Waals surface area contributed by atoms with Gasteiger partial charge in [-0.1, -0.05) is 41.6 Å². The molecule has 2 rings (SSSR count). The molecule has 1 heterocycles. The van der Waals surface area contributed by atoms with E-state index in [2.05, 4.69) is 20.8 Å². The molecule has 5 nitrogen and oxygen atoms in total. The molecule has 2 aromatic rings. The fourth-order valence-corrected chi connectivity index (χ4v) is 2.56. The molecule has 0 aliphatic heterocycles. The summed E-state index contributed by atoms with van der Waals surface area (Å²) in [7, 11) is 1.85. The van der Waals surface area contributed by atoms with E-state index in [9.17, 15) is 0 Å². The van der Waals surface area contributed by atoms with Crippen LogP contribution >= 0.6 is 23.4 Å². The number of aromatic nitrogens is 4. The molecule has 0 amide bonds. The van der Waals surface area contributed by atoms with E-state index in [0.29, 0.717) is 0 Å². The summed E-state index contributed by atoms with van der Waals surface area (Å²) >= 11 is 7.74. The first-order chi connectivity index (χ1) is 9.27. The molecule has 0 saturated carbocycles. The molecule has 110 valence electrons. The van der Waals surface area contributed by atoms with E-state index in [4.69, 9.17) is 11.6 Å². The van der Waals surface area contributed by atoms with Gasteiger partial charge in [0.25, 0.3) is 0 Å². The van der Waals surface area contributed by atoms with Crippen LogP contribution in [0.25, 0.3) is 0 Å². The quantitative estimate of drug-likeness (QED) is 0.528. The van der Waals surface area contributed by atoms with E-state index in [1.165, 1.54) is 0 Å². The van der Waals surface area contributed by atoms with Gasteiger partial charge in [-0.3, -0.25) is 0 Å². The molecule has 0 unspecified atom stereocenters. The number of nitrogens with zero attached hydrogens (tertiary/aromatic N) is 4. The van der Waals surface area contributed by atoms with Crippen molar-refractivity contribution in [2.75, 3.05) is 12.3 Å². The number of nitrogens with one attached hydrogen (secondary N) is 1. The van der Waals surface area contributed by atoms with Crippen molar-refractivity contribution in [3.05, 3.63) is 34.9 Å². The maximum Gasteiger partial charge on any atom is 0.209 e. The minimum absolute atomic E-state index is 0. The van der Waals surface area contributed by atoms with Crippen molar-refractivity contribution in [2.45, 2.75) is 18.1 Å². The second kappa shape index (κ2) is 9.18. The third-order valence-electron chi connectivity index (χ3n) is 2.58. The summed E-state index contributed by atoms with van der Waals surface area (Å²) in [5.74, 6) is 0.990. The van der Waals surface area contributed by atoms with Crippen molar-refractivity contribution in [1.29, 1.82) is 0 Å². The highest BCUT2D eigenvalue weighted by atomic mass is 35.5. The average molecular weight is 333 g/mol. The molecular formula is C12H16Cl2N5S-. The number of benzene rings is 1. The van der Waals surface area contributed by atoms with Gasteiger partial charge < -0.3 is 17.7 Å². The Morgan fingerprint density at radius 3 is 2.85 bits per heavy atom. The lowest BCUT2D eigenvalue weighted by Gasteiger charge is -2.06. The summed E-state index contributed by atoms with van der Waals surface area (Å²) in [5, 5.41) is 16.4. The fourth-order valence-electron chi connectivity index (χ4n) is 1.57. The molecule has 1 aromatic heterocycles. The number of thioether (sulfide) groups is 1. The van der Waals surface area contributed by atoms with E-state index in [1.807, 2.05) is 31.3 Å². The monoisotopic (exact) mass is 332 g/mol. The minimum atomic E-state index is 0. The molecular weight excluding hydrogens is 317 g/mol. The second-order valence-corrected chi connectivity index (χ2v) is 5.52. The van der Waals surface area contributed by atoms with Crippen LogP contribution in [0.3, 0.4) is 0 Å². The van der Waals surface area contributed by atoms with Crippen LogP contribution in [0, 0.1) is 0 Å². The third-order valence-corrected chi connectivity index (χ3v) is 4.05. The zero-order chi connectivity index (χ0) is 13.5. The lowest BCUT2D eigenvalue weighted by atomic mass is 10.2. The average Bonchev–Trinajstić information content (AvgIpc) is 2.81. The van der Waals surface area contributed by atoms with Crippen molar-refractivity contribution < 1.29 is 12.4 Å². The van der Waals surface area contributed by atoms with Crippen molar-refractivity contribution in [2.24, 2.45) is 7.05 Å². The van der Waals surface area contributed by atoms with E-state index in [0.717, 1.165) is 41.0 Å². The van der Waals surface area contributed by atoms with E-state index in [1.54, 1.807) is 16.4 Å². The Balaban J connectivity index is 0.00000200. The molecule has 20 heavy (non-hydrogen) atoms. The zero-order valence-corrected chi connectivity index (χ0v) is 13.4. The number of aryl methyl sites for hydroxylation is 1. The fraction of sp³-hybridized carbons (Fsp3) is 0.417. The van der Waals surface area contributed by atoms with Gasteiger partial charge in [0.15, 0.2) is 0 Å². The molecule has 1 N–H and O–H groups in total. The Labute approximate surface area is 133 Å². The van der Waals surface area contributed by atoms with E-state index in [-0.39, 0.29) is 12.4 Å². The molecule has 0 fully saturated rings. The van der Waals surface area contributed by atoms with Crippen LogP contribution < -0.4 is 17.7 Å².